The van der Waals surface area contributed by atoms with E-state index in [4.69, 9.17) is 48.6 Å². The molecule has 8 rings (SSSR count). The number of halogens is 1. The summed E-state index contributed by atoms with van der Waals surface area (Å²) in [6, 6.07) is 4.91. The van der Waals surface area contributed by atoms with Crippen molar-refractivity contribution in [3.63, 3.8) is 0 Å². The molecule has 0 fully saturated rings. The summed E-state index contributed by atoms with van der Waals surface area (Å²) < 4.78 is 60.7. The SMILES string of the molecule is CC[C@@]1(O)C(=O)OCc2c1cc1n(c2=O)Cc2c-1nc1cc(F)c(C)c3c1c2[C@@H](NC(=O)COCNC(=O)CNC(=O)OCc1ccc(NC(=O)[C@H](CCCNC(N)=O)NC(=O)[C@@H](NC(=O)C(CCC(=O)O)(NC(=O)CCOCCOCCOCCOCCNC(=O)COC2C#CCCCCC2)[SiH2]C)C(C)C)cc1)CC3. The molecular formula is C75H101FN12O22Si. The number of aliphatic hydroxyl groups is 1. The number of cyclic esters (lactones) is 1. The van der Waals surface area contributed by atoms with Gasteiger partial charge in [-0.1, -0.05) is 51.8 Å². The molecule has 4 aliphatic rings. The average Bonchev–Trinajstić information content (AvgIpc) is 1.61. The highest BCUT2D eigenvalue weighted by Gasteiger charge is 2.47. The maximum Gasteiger partial charge on any atom is 0.407 e. The second-order valence-corrected chi connectivity index (χ2v) is 29.4. The number of carbonyl (C=O) groups is 11. The van der Waals surface area contributed by atoms with Crippen LogP contribution in [0, 0.1) is 30.5 Å². The zero-order chi connectivity index (χ0) is 80.2. The van der Waals surface area contributed by atoms with Gasteiger partial charge in [-0.3, -0.25) is 43.2 Å². The number of nitrogens with one attached hydrogen (secondary N) is 9. The zero-order valence-corrected chi connectivity index (χ0v) is 64.6. The number of esters is 1. The number of carbonyl (C=O) groups excluding carboxylic acids is 10. The largest absolute Gasteiger partial charge is 0.481 e. The zero-order valence-electron chi connectivity index (χ0n) is 63.2. The van der Waals surface area contributed by atoms with Crippen LogP contribution >= 0.6 is 0 Å². The molecule has 4 aromatic rings. The highest BCUT2D eigenvalue weighted by Crippen LogP contribution is 2.46. The molecule has 10 amide bonds. The second kappa shape index (κ2) is 42.4. The van der Waals surface area contributed by atoms with Gasteiger partial charge in [0.1, 0.15) is 68.9 Å². The van der Waals surface area contributed by atoms with Crippen LogP contribution in [0.25, 0.3) is 22.3 Å². The number of hydrogen-bond donors (Lipinski definition) is 12. The summed E-state index contributed by atoms with van der Waals surface area (Å²) >= 11 is 0. The van der Waals surface area contributed by atoms with E-state index >= 15 is 4.39 Å². The van der Waals surface area contributed by atoms with Crippen molar-refractivity contribution in [3.8, 4) is 23.2 Å². The number of alkyl carbamates (subject to hydrolysis) is 1. The van der Waals surface area contributed by atoms with Crippen molar-refractivity contribution < 1.29 is 105 Å². The summed E-state index contributed by atoms with van der Waals surface area (Å²) in [5, 5.41) is 43.9. The van der Waals surface area contributed by atoms with Crippen molar-refractivity contribution in [3.05, 3.63) is 91.5 Å². The molecule has 2 unspecified atom stereocenters. The van der Waals surface area contributed by atoms with Crippen molar-refractivity contribution in [1.82, 2.24) is 52.1 Å². The minimum Gasteiger partial charge on any atom is -0.481 e. The lowest BCUT2D eigenvalue weighted by Crippen LogP contribution is -2.66. The van der Waals surface area contributed by atoms with Gasteiger partial charge in [-0.25, -0.2) is 23.8 Å². The first-order valence-corrected chi connectivity index (χ1v) is 39.5. The van der Waals surface area contributed by atoms with Crippen LogP contribution in [-0.4, -0.2) is 210 Å². The third-order valence-electron chi connectivity index (χ3n) is 19.4. The van der Waals surface area contributed by atoms with Crippen LogP contribution in [0.1, 0.15) is 143 Å². The molecule has 36 heteroatoms. The van der Waals surface area contributed by atoms with Crippen LogP contribution in [0.4, 0.5) is 19.7 Å². The summed E-state index contributed by atoms with van der Waals surface area (Å²) in [6.45, 7) is 8.23. The fraction of sp³-hybridized carbons (Fsp3) is 0.560. The standard InChI is InChI=1S/C75H101FN12O22Si/c1-6-74(102)52-35-57-66-50(38-88(57)69(97)51(52)40-109-71(74)99)64-54(21-20-49-45(4)53(76)36-56(84-66)63(49)64)83-61(92)41-107-43-81-59(90)37-80-73(101)110-39-46-16-18-47(19-17-46)82-67(95)55(15-12-25-79-72(77)100)85-68(96)65(44(2)3)86-70(98)75(111-5,24-22-62(93)94)87-58(89)23-27-103-29-31-105-33-34-106-32-30-104-28-26-78-60(91)42-108-48-13-10-8-7-9-11-14-48/h16-19,35-36,44,48,54-55,65,102H,6-10,12-13,15,20-34,37-43,111H2,1-5H3,(H,78,91)(H,80,101)(H,81,90)(H,82,95)(H,83,92)(H,85,96)(H,86,98)(H,87,89)(H,93,94)(H3,77,79,100)/t48?,54-,55-,65-,74-,75?/m0/s1. The Balaban J connectivity index is 0.734. The number of aromatic nitrogens is 2. The average molecular weight is 1570 g/mol. The molecule has 4 heterocycles. The number of primary amides is 1. The number of nitrogens with two attached hydrogens (primary N) is 1. The smallest absolute Gasteiger partial charge is 0.407 e. The van der Waals surface area contributed by atoms with Gasteiger partial charge in [-0.2, -0.15) is 0 Å². The van der Waals surface area contributed by atoms with Gasteiger partial charge in [-0.15, -0.1) is 5.92 Å². The van der Waals surface area contributed by atoms with Crippen LogP contribution in [0.3, 0.4) is 0 Å². The molecule has 0 radical (unpaired) electrons. The number of hydrogen-bond acceptors (Lipinski definition) is 22. The fourth-order valence-electron chi connectivity index (χ4n) is 13.2. The molecule has 604 valence electrons. The number of pyridine rings is 2. The molecule has 111 heavy (non-hydrogen) atoms. The van der Waals surface area contributed by atoms with Crippen molar-refractivity contribution in [2.75, 3.05) is 97.8 Å². The number of fused-ring (bicyclic) bond motifs is 5. The van der Waals surface area contributed by atoms with Crippen molar-refractivity contribution in [2.24, 2.45) is 11.7 Å². The first-order valence-electron chi connectivity index (χ1n) is 37.4. The van der Waals surface area contributed by atoms with E-state index in [2.05, 4.69) is 59.7 Å². The van der Waals surface area contributed by atoms with Gasteiger partial charge in [0.2, 0.25) is 41.4 Å². The summed E-state index contributed by atoms with van der Waals surface area (Å²) in [4.78, 5) is 162. The third kappa shape index (κ3) is 24.5. The van der Waals surface area contributed by atoms with E-state index in [9.17, 15) is 67.7 Å². The number of aliphatic carboxylic acids is 1. The van der Waals surface area contributed by atoms with Gasteiger partial charge in [0.05, 0.1) is 97.4 Å². The van der Waals surface area contributed by atoms with Crippen molar-refractivity contribution in [2.45, 2.75) is 172 Å². The van der Waals surface area contributed by atoms with Crippen LogP contribution in [0.2, 0.25) is 6.55 Å². The van der Waals surface area contributed by atoms with E-state index in [1.165, 1.54) is 34.9 Å². The van der Waals surface area contributed by atoms with Crippen LogP contribution in [-0.2, 0) is 113 Å². The lowest BCUT2D eigenvalue weighted by atomic mass is 9.81. The van der Waals surface area contributed by atoms with E-state index in [1.807, 2.05) is 0 Å². The molecule has 13 N–H and O–H groups in total. The molecule has 2 aliphatic heterocycles. The second-order valence-electron chi connectivity index (χ2n) is 27.5. The molecule has 2 aromatic heterocycles. The number of amides is 10. The van der Waals surface area contributed by atoms with Gasteiger partial charge in [0.25, 0.3) is 5.56 Å². The highest BCUT2D eigenvalue weighted by molar-refractivity contribution is 6.46. The molecule has 0 saturated carbocycles. The minimum atomic E-state index is -2.07. The number of benzene rings is 2. The quantitative estimate of drug-likeness (QED) is 0.00864. The molecule has 6 atom stereocenters. The van der Waals surface area contributed by atoms with Crippen molar-refractivity contribution >= 4 is 91.5 Å². The number of anilines is 1. The molecule has 34 nitrogen and oxygen atoms in total. The summed E-state index contributed by atoms with van der Waals surface area (Å²) in [6.07, 6.45) is 3.55. The Morgan fingerprint density at radius 3 is 2.23 bits per heavy atom. The van der Waals surface area contributed by atoms with Gasteiger partial charge in [0.15, 0.2) is 5.60 Å². The third-order valence-corrected chi connectivity index (χ3v) is 21.5. The van der Waals surface area contributed by atoms with Gasteiger partial charge < -0.3 is 106 Å². The number of carboxylic acids is 1. The Kier molecular flexibility index (Phi) is 33.1. The number of ether oxygens (including phenoxy) is 8. The number of nitrogens with zero attached hydrogens (tertiary/aromatic N) is 2. The number of aryl methyl sites for hydroxylation is 1. The van der Waals surface area contributed by atoms with E-state index in [0.29, 0.717) is 89.3 Å². The monoisotopic (exact) mass is 1570 g/mol. The highest BCUT2D eigenvalue weighted by atomic mass is 28.2. The van der Waals surface area contributed by atoms with Gasteiger partial charge in [-0.05, 0) is 111 Å². The lowest BCUT2D eigenvalue weighted by molar-refractivity contribution is -0.172. The van der Waals surface area contributed by atoms with E-state index in [-0.39, 0.29) is 127 Å². The Labute approximate surface area is 642 Å². The number of carboxylic acid groups (broad SMARTS) is 1. The molecular weight excluding hydrogens is 1470 g/mol. The molecule has 0 bridgehead atoms. The van der Waals surface area contributed by atoms with Crippen LogP contribution < -0.4 is 59.1 Å². The Hall–Kier alpha value is -10.0. The molecule has 2 aromatic carbocycles. The van der Waals surface area contributed by atoms with Crippen LogP contribution in [0.5, 0.6) is 0 Å². The predicted octanol–water partition coefficient (Wildman–Crippen LogP) is 1.48. The van der Waals surface area contributed by atoms with Crippen LogP contribution in [0.15, 0.2) is 41.2 Å². The van der Waals surface area contributed by atoms with E-state index < -0.39 is 142 Å². The molecule has 2 aliphatic carbocycles. The van der Waals surface area contributed by atoms with Gasteiger partial charge >= 0.3 is 24.1 Å². The first kappa shape index (κ1) is 86.6. The normalized spacial score (nSPS) is 17.2. The molecule has 0 saturated heterocycles. The lowest BCUT2D eigenvalue weighted by Gasteiger charge is -2.35. The minimum absolute atomic E-state index is 0.0265. The Morgan fingerprint density at radius 1 is 0.811 bits per heavy atom. The maximum atomic E-state index is 15.4. The van der Waals surface area contributed by atoms with E-state index in [1.54, 1.807) is 40.3 Å². The summed E-state index contributed by atoms with van der Waals surface area (Å²) in [5.74, 6) is -1.36. The predicted molar refractivity (Wildman–Crippen MR) is 400 cm³/mol. The van der Waals surface area contributed by atoms with Crippen molar-refractivity contribution in [1.29, 1.82) is 0 Å². The topological polar surface area (TPSA) is 471 Å². The first-order chi connectivity index (χ1) is 53.3. The maximum absolute atomic E-state index is 15.4. The van der Waals surface area contributed by atoms with E-state index in [0.717, 1.165) is 32.1 Å². The van der Waals surface area contributed by atoms with Gasteiger partial charge in [0, 0.05) is 60.6 Å². The molecule has 0 spiro atoms. The Morgan fingerprint density at radius 2 is 1.53 bits per heavy atom. The number of urea groups is 1. The fourth-order valence-corrected chi connectivity index (χ4v) is 14.6. The Bertz CT molecular complexity index is 4160. The number of rotatable bonds is 44. The summed E-state index contributed by atoms with van der Waals surface area (Å²) in [7, 11) is -1.63. The summed E-state index contributed by atoms with van der Waals surface area (Å²) in [5.41, 5.74) is 6.99.